The largest absolute Gasteiger partial charge is 0.474 e. The summed E-state index contributed by atoms with van der Waals surface area (Å²) in [6, 6.07) is 9.39. The Morgan fingerprint density at radius 1 is 1.13 bits per heavy atom. The van der Waals surface area contributed by atoms with Gasteiger partial charge in [-0.1, -0.05) is 12.1 Å². The predicted octanol–water partition coefficient (Wildman–Crippen LogP) is 2.27. The van der Waals surface area contributed by atoms with Crippen molar-refractivity contribution in [2.24, 2.45) is 16.9 Å². The molecule has 2 fully saturated rings. The number of benzene rings is 1. The Labute approximate surface area is 171 Å². The highest BCUT2D eigenvalue weighted by Gasteiger charge is 2.63. The van der Waals surface area contributed by atoms with Crippen LogP contribution in [0.1, 0.15) is 41.1 Å². The molecule has 2 unspecified atom stereocenters. The Kier molecular flexibility index (Phi) is 4.76. The topological polar surface area (TPSA) is 161 Å². The van der Waals surface area contributed by atoms with E-state index in [4.69, 9.17) is 20.9 Å². The molecule has 2 aliphatic rings. The molecule has 30 heavy (non-hydrogen) atoms. The molecule has 10 nitrogen and oxygen atoms in total. The summed E-state index contributed by atoms with van der Waals surface area (Å²) in [6.07, 6.45) is 2.02. The number of amides is 2. The first-order valence-electron chi connectivity index (χ1n) is 9.41. The fourth-order valence-corrected chi connectivity index (χ4v) is 4.69. The van der Waals surface area contributed by atoms with Gasteiger partial charge in [-0.05, 0) is 42.4 Å². The molecule has 0 saturated heterocycles. The van der Waals surface area contributed by atoms with E-state index in [1.54, 1.807) is 24.3 Å². The minimum Gasteiger partial charge on any atom is -0.474 e. The third-order valence-corrected chi connectivity index (χ3v) is 5.95. The molecule has 1 aromatic carbocycles. The molecule has 0 bridgehead atoms. The van der Waals surface area contributed by atoms with E-state index in [2.05, 4.69) is 4.98 Å². The highest BCUT2D eigenvalue weighted by molar-refractivity contribution is 5.94. The molecular formula is C20H20N4O6. The zero-order chi connectivity index (χ0) is 21.5. The molecule has 156 valence electrons. The molecule has 1 aromatic heterocycles. The first kappa shape index (κ1) is 19.6. The maximum absolute atomic E-state index is 11.6. The number of pyridine rings is 1. The third kappa shape index (κ3) is 3.40. The number of rotatable bonds is 6. The van der Waals surface area contributed by atoms with Crippen molar-refractivity contribution in [1.29, 1.82) is 0 Å². The van der Waals surface area contributed by atoms with Gasteiger partial charge in [0.2, 0.25) is 5.88 Å². The Morgan fingerprint density at radius 3 is 2.43 bits per heavy atom. The average Bonchev–Trinajstić information content (AvgIpc) is 2.65. The lowest BCUT2D eigenvalue weighted by atomic mass is 9.46. The first-order chi connectivity index (χ1) is 14.3. The summed E-state index contributed by atoms with van der Waals surface area (Å²) in [7, 11) is 0. The van der Waals surface area contributed by atoms with Crippen LogP contribution >= 0.6 is 0 Å². The standard InChI is InChI=1S/C20H20N4O6/c21-17(25)14-2-1-7-23-18(14)29-13-8-20(9-13)10-15(30-19(22)26)16(20)11-3-5-12(6-4-11)24(27)28/h1-7,13,15-16H,8-10H2,(H2,21,25)(H2,22,26). The van der Waals surface area contributed by atoms with Crippen LogP contribution in [0.3, 0.4) is 0 Å². The van der Waals surface area contributed by atoms with Gasteiger partial charge < -0.3 is 20.9 Å². The van der Waals surface area contributed by atoms with Crippen LogP contribution in [-0.2, 0) is 4.74 Å². The van der Waals surface area contributed by atoms with E-state index in [1.165, 1.54) is 18.3 Å². The second-order valence-electron chi connectivity index (χ2n) is 7.74. The number of non-ortho nitro benzene ring substituents is 1. The van der Waals surface area contributed by atoms with Crippen molar-refractivity contribution < 1.29 is 24.0 Å². The van der Waals surface area contributed by atoms with Crippen molar-refractivity contribution in [1.82, 2.24) is 4.98 Å². The van der Waals surface area contributed by atoms with Crippen LogP contribution in [0.2, 0.25) is 0 Å². The lowest BCUT2D eigenvalue weighted by molar-refractivity contribution is -0.384. The summed E-state index contributed by atoms with van der Waals surface area (Å²) in [5.41, 5.74) is 11.4. The highest BCUT2D eigenvalue weighted by atomic mass is 16.6. The van der Waals surface area contributed by atoms with Crippen LogP contribution in [-0.4, -0.2) is 34.1 Å². The molecule has 2 amide bonds. The molecule has 0 radical (unpaired) electrons. The van der Waals surface area contributed by atoms with Crippen molar-refractivity contribution in [2.45, 2.75) is 37.4 Å². The van der Waals surface area contributed by atoms with Crippen molar-refractivity contribution in [3.05, 3.63) is 63.8 Å². The van der Waals surface area contributed by atoms with Crippen molar-refractivity contribution in [3.63, 3.8) is 0 Å². The molecule has 2 aliphatic carbocycles. The van der Waals surface area contributed by atoms with Gasteiger partial charge in [-0.25, -0.2) is 9.78 Å². The number of nitro groups is 1. The summed E-state index contributed by atoms with van der Waals surface area (Å²) >= 11 is 0. The fourth-order valence-electron chi connectivity index (χ4n) is 4.69. The number of hydrogen-bond acceptors (Lipinski definition) is 7. The van der Waals surface area contributed by atoms with Gasteiger partial charge in [-0.15, -0.1) is 0 Å². The van der Waals surface area contributed by atoms with E-state index in [0.717, 1.165) is 5.56 Å². The lowest BCUT2D eigenvalue weighted by Gasteiger charge is -2.61. The van der Waals surface area contributed by atoms with Crippen molar-refractivity contribution in [2.75, 3.05) is 0 Å². The van der Waals surface area contributed by atoms with Crippen LogP contribution in [0.4, 0.5) is 10.5 Å². The Bertz CT molecular complexity index is 1000. The number of ether oxygens (including phenoxy) is 2. The van der Waals surface area contributed by atoms with Gasteiger partial charge >= 0.3 is 6.09 Å². The van der Waals surface area contributed by atoms with E-state index in [9.17, 15) is 19.7 Å². The number of carbonyl (C=O) groups excluding carboxylic acids is 2. The Hall–Kier alpha value is -3.69. The highest BCUT2D eigenvalue weighted by Crippen LogP contribution is 2.65. The second-order valence-corrected chi connectivity index (χ2v) is 7.74. The zero-order valence-electron chi connectivity index (χ0n) is 15.9. The van der Waals surface area contributed by atoms with E-state index >= 15 is 0 Å². The summed E-state index contributed by atoms with van der Waals surface area (Å²) < 4.78 is 11.1. The summed E-state index contributed by atoms with van der Waals surface area (Å²) in [6.45, 7) is 0. The van der Waals surface area contributed by atoms with Gasteiger partial charge in [0.1, 0.15) is 17.8 Å². The third-order valence-electron chi connectivity index (χ3n) is 5.95. The molecule has 10 heteroatoms. The number of nitrogens with two attached hydrogens (primary N) is 2. The maximum Gasteiger partial charge on any atom is 0.404 e. The summed E-state index contributed by atoms with van der Waals surface area (Å²) in [5.74, 6) is -0.569. The zero-order valence-corrected chi connectivity index (χ0v) is 15.9. The summed E-state index contributed by atoms with van der Waals surface area (Å²) in [4.78, 5) is 37.4. The van der Waals surface area contributed by atoms with E-state index in [1.807, 2.05) is 0 Å². The number of aromatic nitrogens is 1. The molecule has 4 N–H and O–H groups in total. The molecule has 1 spiro atoms. The van der Waals surface area contributed by atoms with Crippen LogP contribution in [0.25, 0.3) is 0 Å². The van der Waals surface area contributed by atoms with E-state index in [0.29, 0.717) is 19.3 Å². The number of primary amides is 2. The quantitative estimate of drug-likeness (QED) is 0.543. The second kappa shape index (κ2) is 7.29. The van der Waals surface area contributed by atoms with Crippen LogP contribution in [0.5, 0.6) is 5.88 Å². The van der Waals surface area contributed by atoms with Crippen molar-refractivity contribution >= 4 is 17.7 Å². The van der Waals surface area contributed by atoms with Crippen LogP contribution in [0, 0.1) is 15.5 Å². The van der Waals surface area contributed by atoms with Gasteiger partial charge in [0.05, 0.1) is 4.92 Å². The number of nitrogens with zero attached hydrogens (tertiary/aromatic N) is 2. The van der Waals surface area contributed by atoms with Crippen LogP contribution in [0.15, 0.2) is 42.6 Å². The summed E-state index contributed by atoms with van der Waals surface area (Å²) in [5, 5.41) is 10.9. The molecule has 2 saturated carbocycles. The normalized spacial score (nSPS) is 26.9. The first-order valence-corrected chi connectivity index (χ1v) is 9.41. The molecule has 2 aromatic rings. The Morgan fingerprint density at radius 2 is 1.83 bits per heavy atom. The lowest BCUT2D eigenvalue weighted by Crippen LogP contribution is -2.61. The number of nitro benzene ring substituents is 1. The molecule has 4 rings (SSSR count). The smallest absolute Gasteiger partial charge is 0.404 e. The number of carbonyl (C=O) groups is 2. The Balaban J connectivity index is 1.50. The van der Waals surface area contributed by atoms with E-state index in [-0.39, 0.29) is 34.6 Å². The fraction of sp³-hybridized carbons (Fsp3) is 0.350. The molecular weight excluding hydrogens is 392 g/mol. The number of hydrogen-bond donors (Lipinski definition) is 2. The molecule has 2 atom stereocenters. The van der Waals surface area contributed by atoms with E-state index < -0.39 is 23.0 Å². The van der Waals surface area contributed by atoms with Gasteiger partial charge in [0.15, 0.2) is 0 Å². The average molecular weight is 412 g/mol. The van der Waals surface area contributed by atoms with Gasteiger partial charge in [-0.2, -0.15) is 0 Å². The molecule has 0 aliphatic heterocycles. The van der Waals surface area contributed by atoms with Gasteiger partial charge in [0, 0.05) is 24.2 Å². The maximum atomic E-state index is 11.6. The predicted molar refractivity (Wildman–Crippen MR) is 104 cm³/mol. The SMILES string of the molecule is NC(=O)OC1CC2(CC(Oc3ncccc3C(N)=O)C2)C1c1ccc([N+](=O)[O-])cc1. The minimum atomic E-state index is -0.853. The van der Waals surface area contributed by atoms with Gasteiger partial charge in [0.25, 0.3) is 11.6 Å². The van der Waals surface area contributed by atoms with Gasteiger partial charge in [-0.3, -0.25) is 14.9 Å². The molecule has 1 heterocycles. The van der Waals surface area contributed by atoms with Crippen LogP contribution < -0.4 is 16.2 Å². The minimum absolute atomic E-state index is 0.0107. The monoisotopic (exact) mass is 412 g/mol. The van der Waals surface area contributed by atoms with Crippen molar-refractivity contribution in [3.8, 4) is 5.88 Å².